The lowest BCUT2D eigenvalue weighted by atomic mass is 9.99. The van der Waals surface area contributed by atoms with Crippen molar-refractivity contribution in [3.8, 4) is 22.8 Å². The smallest absolute Gasteiger partial charge is 0.182 e. The first kappa shape index (κ1) is 26.5. The maximum Gasteiger partial charge on any atom is 0.182 e. The molecular weight excluding hydrogens is 454 g/mol. The van der Waals surface area contributed by atoms with Gasteiger partial charge in [0.1, 0.15) is 22.7 Å². The summed E-state index contributed by atoms with van der Waals surface area (Å²) in [6.45, 7) is 10.0. The molecule has 3 heterocycles. The molecule has 0 spiro atoms. The Bertz CT molecular complexity index is 1160. The van der Waals surface area contributed by atoms with Crippen molar-refractivity contribution in [1.82, 2.24) is 14.1 Å². The molecule has 0 radical (unpaired) electrons. The number of rotatable bonds is 10. The minimum Gasteiger partial charge on any atom is -0.496 e. The molecule has 1 saturated heterocycles. The number of fused-ring (bicyclic) bond motifs is 1. The van der Waals surface area contributed by atoms with Gasteiger partial charge in [-0.05, 0) is 36.2 Å². The van der Waals surface area contributed by atoms with Crippen LogP contribution in [0.25, 0.3) is 16.8 Å². The first-order valence-corrected chi connectivity index (χ1v) is 13.1. The zero-order chi connectivity index (χ0) is 25.9. The maximum absolute atomic E-state index is 5.86. The minimum atomic E-state index is 0.485. The Hall–Kier alpha value is -2.61. The number of methoxy groups -OCH3 is 3. The molecule has 0 aliphatic carbocycles. The highest BCUT2D eigenvalue weighted by molar-refractivity contribution is 5.82. The van der Waals surface area contributed by atoms with Crippen molar-refractivity contribution in [2.24, 2.45) is 5.92 Å². The van der Waals surface area contributed by atoms with E-state index in [1.807, 2.05) is 12.1 Å². The van der Waals surface area contributed by atoms with Crippen LogP contribution in [-0.4, -0.2) is 63.8 Å². The number of aryl methyl sites for hydroxylation is 1. The number of ether oxygens (including phenoxy) is 4. The van der Waals surface area contributed by atoms with Crippen LogP contribution < -0.4 is 14.0 Å². The summed E-state index contributed by atoms with van der Waals surface area (Å²) in [6.07, 6.45) is 2.99. The van der Waals surface area contributed by atoms with Crippen molar-refractivity contribution < 1.29 is 18.9 Å². The summed E-state index contributed by atoms with van der Waals surface area (Å²) in [4.78, 5) is 0. The summed E-state index contributed by atoms with van der Waals surface area (Å²) in [5.74, 6) is 2.04. The zero-order valence-corrected chi connectivity index (χ0v) is 23.0. The lowest BCUT2D eigenvalue weighted by Crippen LogP contribution is -2.57. The molecule has 1 aliphatic rings. The molecule has 196 valence electrons. The number of nitrogens with zero attached hydrogens (tertiary/aromatic N) is 3. The highest BCUT2D eigenvalue weighted by Gasteiger charge is 2.41. The number of hydrogen-bond donors (Lipinski definition) is 0. The molecule has 2 aromatic heterocycles. The van der Waals surface area contributed by atoms with E-state index in [1.54, 1.807) is 21.3 Å². The molecular formula is C29H42N3O4+. The molecule has 1 aromatic carbocycles. The Morgan fingerprint density at radius 3 is 2.31 bits per heavy atom. The molecule has 0 saturated carbocycles. The fourth-order valence-electron chi connectivity index (χ4n) is 5.99. The van der Waals surface area contributed by atoms with Crippen molar-refractivity contribution in [2.45, 2.75) is 52.7 Å². The van der Waals surface area contributed by atoms with Gasteiger partial charge in [-0.1, -0.05) is 26.8 Å². The van der Waals surface area contributed by atoms with Crippen LogP contribution in [0.2, 0.25) is 0 Å². The van der Waals surface area contributed by atoms with E-state index in [9.17, 15) is 0 Å². The van der Waals surface area contributed by atoms with E-state index >= 15 is 0 Å². The summed E-state index contributed by atoms with van der Waals surface area (Å²) in [5, 5.41) is 5.22. The van der Waals surface area contributed by atoms with Gasteiger partial charge in [0.25, 0.3) is 0 Å². The predicted molar refractivity (Wildman–Crippen MR) is 145 cm³/mol. The summed E-state index contributed by atoms with van der Waals surface area (Å²) < 4.78 is 25.8. The van der Waals surface area contributed by atoms with Gasteiger partial charge in [0.15, 0.2) is 5.69 Å². The van der Waals surface area contributed by atoms with E-state index in [0.717, 1.165) is 83.0 Å². The molecule has 0 amide bonds. The summed E-state index contributed by atoms with van der Waals surface area (Å²) in [5.41, 5.74) is 6.46. The fourth-order valence-corrected chi connectivity index (χ4v) is 5.99. The number of aromatic nitrogens is 2. The highest BCUT2D eigenvalue weighted by Crippen LogP contribution is 2.43. The number of quaternary nitrogens is 1. The van der Waals surface area contributed by atoms with E-state index in [2.05, 4.69) is 50.5 Å². The quantitative estimate of drug-likeness (QED) is 0.347. The second-order valence-corrected chi connectivity index (χ2v) is 10.4. The van der Waals surface area contributed by atoms with Crippen LogP contribution in [0.4, 0.5) is 5.69 Å². The normalized spacial score (nSPS) is 16.4. The molecule has 7 nitrogen and oxygen atoms in total. The van der Waals surface area contributed by atoms with Crippen molar-refractivity contribution >= 4 is 11.2 Å². The largest absolute Gasteiger partial charge is 0.496 e. The van der Waals surface area contributed by atoms with Gasteiger partial charge in [-0.25, -0.2) is 4.52 Å². The second-order valence-electron chi connectivity index (χ2n) is 10.4. The van der Waals surface area contributed by atoms with Gasteiger partial charge in [-0.3, -0.25) is 4.48 Å². The van der Waals surface area contributed by atoms with Crippen LogP contribution in [0, 0.1) is 5.92 Å². The predicted octanol–water partition coefficient (Wildman–Crippen LogP) is 5.50. The molecule has 7 heteroatoms. The second kappa shape index (κ2) is 11.2. The Labute approximate surface area is 215 Å². The summed E-state index contributed by atoms with van der Waals surface area (Å²) in [6, 6.07) is 11.0. The molecule has 0 N–H and O–H groups in total. The molecule has 1 unspecified atom stereocenters. The number of benzene rings is 1. The Morgan fingerprint density at radius 2 is 1.75 bits per heavy atom. The maximum atomic E-state index is 5.86. The van der Waals surface area contributed by atoms with Crippen LogP contribution >= 0.6 is 0 Å². The van der Waals surface area contributed by atoms with E-state index in [4.69, 9.17) is 24.0 Å². The van der Waals surface area contributed by atoms with E-state index < -0.39 is 0 Å². The third-order valence-electron chi connectivity index (χ3n) is 7.42. The van der Waals surface area contributed by atoms with Crippen molar-refractivity contribution in [3.63, 3.8) is 0 Å². The van der Waals surface area contributed by atoms with Crippen LogP contribution in [0.1, 0.15) is 44.9 Å². The van der Waals surface area contributed by atoms with Gasteiger partial charge in [0, 0.05) is 25.9 Å². The van der Waals surface area contributed by atoms with Gasteiger partial charge in [0.05, 0.1) is 64.9 Å². The molecule has 1 fully saturated rings. The van der Waals surface area contributed by atoms with Gasteiger partial charge in [0.2, 0.25) is 0 Å². The summed E-state index contributed by atoms with van der Waals surface area (Å²) >= 11 is 0. The van der Waals surface area contributed by atoms with Crippen molar-refractivity contribution in [3.05, 3.63) is 41.6 Å². The molecule has 1 aliphatic heterocycles. The van der Waals surface area contributed by atoms with Crippen LogP contribution in [0.5, 0.6) is 11.5 Å². The first-order valence-electron chi connectivity index (χ1n) is 13.1. The van der Waals surface area contributed by atoms with Gasteiger partial charge >= 0.3 is 0 Å². The Balaban J connectivity index is 1.97. The molecule has 1 atom stereocenters. The lowest BCUT2D eigenvalue weighted by Gasteiger charge is -2.44. The molecule has 36 heavy (non-hydrogen) atoms. The number of hydrogen-bond acceptors (Lipinski definition) is 5. The minimum absolute atomic E-state index is 0.485. The molecule has 4 rings (SSSR count). The highest BCUT2D eigenvalue weighted by atomic mass is 16.5. The van der Waals surface area contributed by atoms with Crippen molar-refractivity contribution in [1.29, 1.82) is 0 Å². The van der Waals surface area contributed by atoms with Gasteiger partial charge < -0.3 is 18.9 Å². The third kappa shape index (κ3) is 4.84. The summed E-state index contributed by atoms with van der Waals surface area (Å²) in [7, 11) is 7.49. The van der Waals surface area contributed by atoms with Crippen LogP contribution in [0.3, 0.4) is 0 Å². The van der Waals surface area contributed by atoms with E-state index in [0.29, 0.717) is 18.6 Å². The molecule has 3 aromatic rings. The standard InChI is InChI=1S/C29H42N3O4/c1-8-23-29(32(4,18-20(2)3)22-12-14-36-15-13-22)25-11-9-10-24(31(25)30-23)28-26(34-6)16-21(19-33-5)17-27(28)35-7/h9-11,16-17,20,22H,8,12-15,18-19H2,1-7H3/q+1. The van der Waals surface area contributed by atoms with Crippen LogP contribution in [0.15, 0.2) is 30.3 Å². The van der Waals surface area contributed by atoms with Crippen molar-refractivity contribution in [2.75, 3.05) is 48.1 Å². The van der Waals surface area contributed by atoms with Crippen LogP contribution in [-0.2, 0) is 22.5 Å². The zero-order valence-electron chi connectivity index (χ0n) is 23.0. The monoisotopic (exact) mass is 496 g/mol. The fraction of sp³-hybridized carbons (Fsp3) is 0.552. The Morgan fingerprint density at radius 1 is 1.08 bits per heavy atom. The number of pyridine rings is 1. The average molecular weight is 497 g/mol. The lowest BCUT2D eigenvalue weighted by molar-refractivity contribution is 0.0417. The van der Waals surface area contributed by atoms with E-state index in [1.165, 1.54) is 5.69 Å². The Kier molecular flexibility index (Phi) is 8.23. The van der Waals surface area contributed by atoms with Gasteiger partial charge in [-0.2, -0.15) is 5.10 Å². The average Bonchev–Trinajstić information content (AvgIpc) is 3.28. The van der Waals surface area contributed by atoms with Gasteiger partial charge in [-0.15, -0.1) is 0 Å². The van der Waals surface area contributed by atoms with E-state index in [-0.39, 0.29) is 0 Å². The first-order chi connectivity index (χ1) is 17.4. The topological polar surface area (TPSA) is 54.2 Å². The molecule has 0 bridgehead atoms. The SMILES string of the molecule is CCc1nn2c(-c3c(OC)cc(COC)cc3OC)cccc2c1[N+](C)(CC(C)C)C1CCOCC1. The third-order valence-corrected chi connectivity index (χ3v) is 7.42.